The number of hydrogen-bond donors (Lipinski definition) is 0. The van der Waals surface area contributed by atoms with Crippen LogP contribution >= 0.6 is 27.5 Å². The maximum atomic E-state index is 5.85. The second-order valence-electron chi connectivity index (χ2n) is 3.74. The first-order valence-corrected chi connectivity index (χ1v) is 6.51. The quantitative estimate of drug-likeness (QED) is 0.807. The Balaban J connectivity index is 2.33. The Hall–Kier alpha value is -0.870. The van der Waals surface area contributed by atoms with E-state index in [9.17, 15) is 0 Å². The molecule has 2 nitrogen and oxygen atoms in total. The number of rotatable bonds is 2. The highest BCUT2D eigenvalue weighted by atomic mass is 79.9. The van der Waals surface area contributed by atoms with Crippen molar-refractivity contribution in [3.63, 3.8) is 0 Å². The van der Waals surface area contributed by atoms with Crippen molar-refractivity contribution in [3.8, 4) is 10.8 Å². The van der Waals surface area contributed by atoms with Crippen molar-refractivity contribution in [2.75, 3.05) is 0 Å². The fraction of sp³-hybridized carbons (Fsp3) is 0.250. The lowest BCUT2D eigenvalue weighted by Crippen LogP contribution is -1.87. The van der Waals surface area contributed by atoms with Crippen LogP contribution in [0.2, 0.25) is 0 Å². The van der Waals surface area contributed by atoms with Crippen LogP contribution < -0.4 is 4.74 Å². The van der Waals surface area contributed by atoms with E-state index in [1.165, 1.54) is 17.1 Å². The van der Waals surface area contributed by atoms with Gasteiger partial charge in [0.15, 0.2) is 0 Å². The third kappa shape index (κ3) is 2.28. The fourth-order valence-electron chi connectivity index (χ4n) is 1.32. The molecule has 1 aromatic heterocycles. The zero-order valence-electron chi connectivity index (χ0n) is 9.37. The minimum Gasteiger partial charge on any atom is -0.444 e. The van der Waals surface area contributed by atoms with Gasteiger partial charge in [-0.05, 0) is 53.9 Å². The molecule has 0 fully saturated rings. The fourth-order valence-corrected chi connectivity index (χ4v) is 2.49. The Morgan fingerprint density at radius 1 is 1.25 bits per heavy atom. The van der Waals surface area contributed by atoms with Crippen LogP contribution in [-0.2, 0) is 0 Å². The van der Waals surface area contributed by atoms with E-state index in [2.05, 4.69) is 39.4 Å². The summed E-state index contributed by atoms with van der Waals surface area (Å²) >= 11 is 4.84. The van der Waals surface area contributed by atoms with Crippen LogP contribution in [0, 0.1) is 20.8 Å². The van der Waals surface area contributed by atoms with Crippen LogP contribution in [0.3, 0.4) is 0 Å². The first-order chi connectivity index (χ1) is 7.58. The Kier molecular flexibility index (Phi) is 3.30. The highest BCUT2D eigenvalue weighted by Gasteiger charge is 2.11. The molecule has 84 valence electrons. The van der Waals surface area contributed by atoms with Gasteiger partial charge in [0, 0.05) is 11.5 Å². The van der Waals surface area contributed by atoms with Gasteiger partial charge in [-0.3, -0.25) is 0 Å². The average molecular weight is 298 g/mol. The smallest absolute Gasteiger partial charge is 0.214 e. The molecule has 0 spiro atoms. The molecule has 0 atom stereocenters. The van der Waals surface area contributed by atoms with Crippen LogP contribution in [0.1, 0.15) is 16.8 Å². The lowest BCUT2D eigenvalue weighted by Gasteiger charge is -2.07. The second kappa shape index (κ2) is 4.55. The highest BCUT2D eigenvalue weighted by molar-refractivity contribution is 9.10. The van der Waals surface area contributed by atoms with Gasteiger partial charge in [-0.2, -0.15) is 4.37 Å². The summed E-state index contributed by atoms with van der Waals surface area (Å²) < 4.78 is 11.0. The molecule has 4 heteroatoms. The zero-order valence-corrected chi connectivity index (χ0v) is 11.8. The monoisotopic (exact) mass is 297 g/mol. The first-order valence-electron chi connectivity index (χ1n) is 4.95. The lowest BCUT2D eigenvalue weighted by atomic mass is 10.1. The van der Waals surface area contributed by atoms with Crippen LogP contribution in [0.25, 0.3) is 0 Å². The number of aryl methyl sites for hydroxylation is 3. The van der Waals surface area contributed by atoms with Crippen LogP contribution in [0.15, 0.2) is 22.7 Å². The lowest BCUT2D eigenvalue weighted by molar-refractivity contribution is 0.489. The molecule has 1 aromatic carbocycles. The topological polar surface area (TPSA) is 22.1 Å². The second-order valence-corrected chi connectivity index (χ2v) is 5.27. The first kappa shape index (κ1) is 11.6. The van der Waals surface area contributed by atoms with Crippen molar-refractivity contribution in [3.05, 3.63) is 39.5 Å². The Morgan fingerprint density at radius 3 is 2.62 bits per heavy atom. The molecule has 1 heterocycles. The van der Waals surface area contributed by atoms with E-state index in [1.807, 2.05) is 19.9 Å². The van der Waals surface area contributed by atoms with Crippen molar-refractivity contribution in [1.29, 1.82) is 0 Å². The Morgan fingerprint density at radius 2 is 2.00 bits per heavy atom. The van der Waals surface area contributed by atoms with E-state index >= 15 is 0 Å². The number of nitrogens with zero attached hydrogens (tertiary/aromatic N) is 1. The predicted molar refractivity (Wildman–Crippen MR) is 70.5 cm³/mol. The molecule has 0 aliphatic rings. The molecule has 16 heavy (non-hydrogen) atoms. The third-order valence-electron chi connectivity index (χ3n) is 2.31. The molecule has 0 bridgehead atoms. The molecule has 0 aliphatic carbocycles. The number of ether oxygens (including phenoxy) is 1. The molecule has 0 unspecified atom stereocenters. The van der Waals surface area contributed by atoms with Crippen molar-refractivity contribution < 1.29 is 4.74 Å². The maximum Gasteiger partial charge on any atom is 0.214 e. The van der Waals surface area contributed by atoms with Gasteiger partial charge in [0.25, 0.3) is 0 Å². The van der Waals surface area contributed by atoms with E-state index in [0.717, 1.165) is 26.5 Å². The van der Waals surface area contributed by atoms with Crippen molar-refractivity contribution >= 4 is 27.5 Å². The molecule has 0 aliphatic heterocycles. The summed E-state index contributed by atoms with van der Waals surface area (Å²) in [5.41, 5.74) is 3.28. The molecule has 0 radical (unpaired) electrons. The van der Waals surface area contributed by atoms with Crippen molar-refractivity contribution in [1.82, 2.24) is 4.37 Å². The van der Waals surface area contributed by atoms with Gasteiger partial charge in [-0.1, -0.05) is 12.1 Å². The van der Waals surface area contributed by atoms with E-state index in [-0.39, 0.29) is 0 Å². The molecular weight excluding hydrogens is 286 g/mol. The van der Waals surface area contributed by atoms with Crippen LogP contribution in [-0.4, -0.2) is 4.37 Å². The molecule has 0 amide bonds. The minimum atomic E-state index is 0.811. The Bertz CT molecular complexity index is 522. The number of halogens is 1. The summed E-state index contributed by atoms with van der Waals surface area (Å²) in [4.78, 5) is 0. The molecule has 0 N–H and O–H groups in total. The minimum absolute atomic E-state index is 0.811. The summed E-state index contributed by atoms with van der Waals surface area (Å²) in [5, 5.41) is 0.811. The summed E-state index contributed by atoms with van der Waals surface area (Å²) in [6, 6.07) is 6.18. The van der Waals surface area contributed by atoms with Gasteiger partial charge < -0.3 is 4.74 Å². The SMILES string of the molecule is Cc1ccc(C)c(Oc2snc(C)c2Br)c1. The molecule has 2 aromatic rings. The van der Waals surface area contributed by atoms with E-state index in [1.54, 1.807) is 0 Å². The van der Waals surface area contributed by atoms with Gasteiger partial charge in [-0.25, -0.2) is 0 Å². The Labute approximate surface area is 108 Å². The summed E-state index contributed by atoms with van der Waals surface area (Å²) in [6.07, 6.45) is 0. The summed E-state index contributed by atoms with van der Waals surface area (Å²) in [7, 11) is 0. The zero-order chi connectivity index (χ0) is 11.7. The van der Waals surface area contributed by atoms with E-state index in [4.69, 9.17) is 4.74 Å². The average Bonchev–Trinajstić information content (AvgIpc) is 2.55. The van der Waals surface area contributed by atoms with Crippen LogP contribution in [0.5, 0.6) is 10.8 Å². The van der Waals surface area contributed by atoms with Gasteiger partial charge in [-0.15, -0.1) is 0 Å². The van der Waals surface area contributed by atoms with Gasteiger partial charge in [0.2, 0.25) is 5.06 Å². The van der Waals surface area contributed by atoms with E-state index in [0.29, 0.717) is 0 Å². The van der Waals surface area contributed by atoms with Gasteiger partial charge in [0.05, 0.1) is 10.2 Å². The van der Waals surface area contributed by atoms with Crippen molar-refractivity contribution in [2.45, 2.75) is 20.8 Å². The molecular formula is C12H12BrNOS. The standard InChI is InChI=1S/C12H12BrNOS/c1-7-4-5-8(2)10(6-7)15-12-11(13)9(3)14-16-12/h4-6H,1-3H3. The van der Waals surface area contributed by atoms with E-state index < -0.39 is 0 Å². The third-order valence-corrected chi connectivity index (χ3v) is 4.32. The maximum absolute atomic E-state index is 5.85. The highest BCUT2D eigenvalue weighted by Crippen LogP contribution is 2.37. The number of hydrogen-bond acceptors (Lipinski definition) is 3. The molecule has 0 saturated carbocycles. The predicted octanol–water partition coefficient (Wildman–Crippen LogP) is 4.62. The summed E-state index contributed by atoms with van der Waals surface area (Å²) in [6.45, 7) is 6.05. The van der Waals surface area contributed by atoms with Crippen LogP contribution in [0.4, 0.5) is 0 Å². The molecule has 0 saturated heterocycles. The molecule has 2 rings (SSSR count). The number of benzene rings is 1. The largest absolute Gasteiger partial charge is 0.444 e. The normalized spacial score (nSPS) is 10.5. The number of aromatic nitrogens is 1. The summed E-state index contributed by atoms with van der Waals surface area (Å²) in [5.74, 6) is 0.893. The van der Waals surface area contributed by atoms with Gasteiger partial charge >= 0.3 is 0 Å². The van der Waals surface area contributed by atoms with Gasteiger partial charge in [0.1, 0.15) is 5.75 Å². The van der Waals surface area contributed by atoms with Crippen molar-refractivity contribution in [2.24, 2.45) is 0 Å².